The van der Waals surface area contributed by atoms with Gasteiger partial charge in [-0.15, -0.1) is 0 Å². The molecule has 0 aliphatic heterocycles. The summed E-state index contributed by atoms with van der Waals surface area (Å²) in [7, 11) is 1.71. The lowest BCUT2D eigenvalue weighted by atomic mass is 10.2. The summed E-state index contributed by atoms with van der Waals surface area (Å²) in [6.45, 7) is 8.52. The van der Waals surface area contributed by atoms with Crippen LogP contribution in [-0.2, 0) is 9.59 Å². The van der Waals surface area contributed by atoms with Gasteiger partial charge in [0, 0.05) is 17.8 Å². The fourth-order valence-electron chi connectivity index (χ4n) is 2.45. The zero-order valence-electron chi connectivity index (χ0n) is 17.2. The Morgan fingerprint density at radius 2 is 1.61 bits per heavy atom. The summed E-state index contributed by atoms with van der Waals surface area (Å²) in [5.74, 6) is 0.455. The number of urea groups is 1. The highest BCUT2D eigenvalue weighted by molar-refractivity contribution is 6.01. The van der Waals surface area contributed by atoms with Crippen LogP contribution in [0.5, 0.6) is 11.5 Å². The van der Waals surface area contributed by atoms with Crippen LogP contribution in [0.25, 0.3) is 0 Å². The van der Waals surface area contributed by atoms with Crippen molar-refractivity contribution in [3.05, 3.63) is 18.2 Å². The molecule has 1 atom stereocenters. The van der Waals surface area contributed by atoms with E-state index in [1.807, 2.05) is 27.7 Å². The van der Waals surface area contributed by atoms with Gasteiger partial charge in [0.25, 0.3) is 11.8 Å². The zero-order chi connectivity index (χ0) is 21.1. The number of carbonyl (C=O) groups excluding carboxylic acids is 3. The molecule has 156 valence electrons. The maximum absolute atomic E-state index is 12.0. The number of benzene rings is 1. The first kappa shape index (κ1) is 23.2. The van der Waals surface area contributed by atoms with Crippen LogP contribution in [0.4, 0.5) is 10.5 Å². The lowest BCUT2D eigenvalue weighted by Gasteiger charge is -2.15. The number of rotatable bonds is 10. The van der Waals surface area contributed by atoms with Crippen molar-refractivity contribution in [3.63, 3.8) is 0 Å². The van der Waals surface area contributed by atoms with E-state index in [0.29, 0.717) is 35.3 Å². The van der Waals surface area contributed by atoms with Gasteiger partial charge in [-0.05, 0) is 39.8 Å². The van der Waals surface area contributed by atoms with Crippen LogP contribution in [-0.4, -0.2) is 57.2 Å². The molecule has 1 aromatic carbocycles. The van der Waals surface area contributed by atoms with Gasteiger partial charge in [-0.2, -0.15) is 0 Å². The van der Waals surface area contributed by atoms with Crippen molar-refractivity contribution in [2.45, 2.75) is 33.7 Å². The molecule has 0 spiro atoms. The number of ether oxygens (including phenoxy) is 2. The molecule has 0 aliphatic rings. The first-order valence-electron chi connectivity index (χ1n) is 9.36. The van der Waals surface area contributed by atoms with Gasteiger partial charge in [0.15, 0.2) is 24.6 Å². The van der Waals surface area contributed by atoms with E-state index < -0.39 is 11.9 Å². The SMILES string of the molecule is CCOc1ccc(NC(=O)NC(=O)C[NH+](C)CC(=O)NC(C)C)cc1OCC. The minimum absolute atomic E-state index is 0.00753. The van der Waals surface area contributed by atoms with Gasteiger partial charge in [0.2, 0.25) is 0 Å². The third kappa shape index (κ3) is 8.72. The molecule has 1 rings (SSSR count). The molecule has 0 radical (unpaired) electrons. The molecule has 1 aromatic rings. The molecular formula is C19H31N4O5+. The van der Waals surface area contributed by atoms with Crippen molar-refractivity contribution >= 4 is 23.5 Å². The lowest BCUT2D eigenvalue weighted by molar-refractivity contribution is -0.862. The van der Waals surface area contributed by atoms with Crippen LogP contribution in [0, 0.1) is 0 Å². The average Bonchev–Trinajstić information content (AvgIpc) is 2.56. The number of hydrogen-bond acceptors (Lipinski definition) is 5. The third-order valence-electron chi connectivity index (χ3n) is 3.43. The van der Waals surface area contributed by atoms with Gasteiger partial charge in [-0.3, -0.25) is 14.9 Å². The second-order valence-corrected chi connectivity index (χ2v) is 6.56. The number of carbonyl (C=O) groups is 3. The predicted octanol–water partition coefficient (Wildman–Crippen LogP) is 0.171. The molecule has 9 nitrogen and oxygen atoms in total. The molecule has 0 aromatic heterocycles. The minimum Gasteiger partial charge on any atom is -0.490 e. The van der Waals surface area contributed by atoms with Crippen molar-refractivity contribution < 1.29 is 28.8 Å². The van der Waals surface area contributed by atoms with Crippen LogP contribution in [0.3, 0.4) is 0 Å². The minimum atomic E-state index is -0.656. The number of amides is 4. The Labute approximate surface area is 165 Å². The summed E-state index contributed by atoms with van der Waals surface area (Å²) >= 11 is 0. The van der Waals surface area contributed by atoms with Gasteiger partial charge in [0.1, 0.15) is 0 Å². The maximum atomic E-state index is 12.0. The van der Waals surface area contributed by atoms with Crippen LogP contribution in [0.15, 0.2) is 18.2 Å². The summed E-state index contributed by atoms with van der Waals surface area (Å²) < 4.78 is 11.0. The van der Waals surface area contributed by atoms with Gasteiger partial charge in [-0.1, -0.05) is 0 Å². The summed E-state index contributed by atoms with van der Waals surface area (Å²) in [6.07, 6.45) is 0. The molecule has 0 saturated carbocycles. The van der Waals surface area contributed by atoms with E-state index in [2.05, 4.69) is 16.0 Å². The van der Waals surface area contributed by atoms with E-state index in [4.69, 9.17) is 9.47 Å². The Balaban J connectivity index is 2.55. The second kappa shape index (κ2) is 11.8. The molecule has 0 bridgehead atoms. The topological polar surface area (TPSA) is 110 Å². The Hall–Kier alpha value is -2.81. The van der Waals surface area contributed by atoms with E-state index in [0.717, 1.165) is 0 Å². The van der Waals surface area contributed by atoms with Crippen LogP contribution >= 0.6 is 0 Å². The van der Waals surface area contributed by atoms with Crippen molar-refractivity contribution in [1.29, 1.82) is 0 Å². The fourth-order valence-corrected chi connectivity index (χ4v) is 2.45. The first-order chi connectivity index (χ1) is 13.2. The van der Waals surface area contributed by atoms with E-state index in [-0.39, 0.29) is 25.0 Å². The van der Waals surface area contributed by atoms with Crippen LogP contribution in [0.1, 0.15) is 27.7 Å². The van der Waals surface area contributed by atoms with Gasteiger partial charge < -0.3 is 25.0 Å². The van der Waals surface area contributed by atoms with E-state index in [1.54, 1.807) is 25.2 Å². The summed E-state index contributed by atoms with van der Waals surface area (Å²) in [4.78, 5) is 36.4. The Bertz CT molecular complexity index is 678. The molecule has 0 saturated heterocycles. The monoisotopic (exact) mass is 395 g/mol. The highest BCUT2D eigenvalue weighted by atomic mass is 16.5. The van der Waals surface area contributed by atoms with Crippen molar-refractivity contribution in [2.75, 3.05) is 38.7 Å². The Morgan fingerprint density at radius 1 is 1.00 bits per heavy atom. The number of imide groups is 1. The molecule has 0 aliphatic carbocycles. The second-order valence-electron chi connectivity index (χ2n) is 6.56. The smallest absolute Gasteiger partial charge is 0.326 e. The average molecular weight is 395 g/mol. The lowest BCUT2D eigenvalue weighted by Crippen LogP contribution is -3.11. The number of hydrogen-bond donors (Lipinski definition) is 4. The molecule has 0 heterocycles. The Kier molecular flexibility index (Phi) is 9.80. The summed E-state index contributed by atoms with van der Waals surface area (Å²) in [6, 6.07) is 4.36. The van der Waals surface area contributed by atoms with Crippen LogP contribution < -0.4 is 30.3 Å². The molecule has 0 fully saturated rings. The van der Waals surface area contributed by atoms with Crippen LogP contribution in [0.2, 0.25) is 0 Å². The van der Waals surface area contributed by atoms with E-state index >= 15 is 0 Å². The van der Waals surface area contributed by atoms with Crippen molar-refractivity contribution in [2.24, 2.45) is 0 Å². The molecule has 9 heteroatoms. The van der Waals surface area contributed by atoms with E-state index in [9.17, 15) is 14.4 Å². The maximum Gasteiger partial charge on any atom is 0.326 e. The first-order valence-corrected chi connectivity index (χ1v) is 9.36. The zero-order valence-corrected chi connectivity index (χ0v) is 17.2. The highest BCUT2D eigenvalue weighted by Gasteiger charge is 2.17. The summed E-state index contributed by atoms with van der Waals surface area (Å²) in [5.41, 5.74) is 0.467. The molecular weight excluding hydrogens is 364 g/mol. The standard InChI is InChI=1S/C19H30N4O5/c1-6-27-15-9-8-14(10-16(15)28-7-2)21-19(26)22-18(25)12-23(5)11-17(24)20-13(3)4/h8-10,13H,6-7,11-12H2,1-5H3,(H,20,24)(H2,21,22,25,26)/p+1. The molecule has 28 heavy (non-hydrogen) atoms. The van der Waals surface area contributed by atoms with Gasteiger partial charge in [0.05, 0.1) is 20.3 Å². The number of quaternary nitrogens is 1. The number of likely N-dealkylation sites (N-methyl/N-ethyl adjacent to an activating group) is 1. The van der Waals surface area contributed by atoms with Gasteiger partial charge >= 0.3 is 6.03 Å². The predicted molar refractivity (Wildman–Crippen MR) is 106 cm³/mol. The molecule has 4 N–H and O–H groups in total. The molecule has 1 unspecified atom stereocenters. The summed E-state index contributed by atoms with van der Waals surface area (Å²) in [5, 5.41) is 7.59. The fraction of sp³-hybridized carbons (Fsp3) is 0.526. The largest absolute Gasteiger partial charge is 0.490 e. The quantitative estimate of drug-likeness (QED) is 0.452. The van der Waals surface area contributed by atoms with Crippen molar-refractivity contribution in [3.8, 4) is 11.5 Å². The normalized spacial score (nSPS) is 11.5. The van der Waals surface area contributed by atoms with E-state index in [1.165, 1.54) is 0 Å². The van der Waals surface area contributed by atoms with Gasteiger partial charge in [-0.25, -0.2) is 4.79 Å². The highest BCUT2D eigenvalue weighted by Crippen LogP contribution is 2.30. The number of anilines is 1. The van der Waals surface area contributed by atoms with Crippen molar-refractivity contribution in [1.82, 2.24) is 10.6 Å². The number of nitrogens with one attached hydrogen (secondary N) is 4. The third-order valence-corrected chi connectivity index (χ3v) is 3.43. The molecule has 4 amide bonds. The Morgan fingerprint density at radius 3 is 2.21 bits per heavy atom.